The molecule has 0 aliphatic carbocycles. The van der Waals surface area contributed by atoms with Crippen LogP contribution in [0.4, 0.5) is 0 Å². The molecule has 0 rings (SSSR count). The average molecular weight is 215 g/mol. The van der Waals surface area contributed by atoms with Crippen molar-refractivity contribution >= 4 is 11.9 Å². The van der Waals surface area contributed by atoms with Crippen LogP contribution in [-0.2, 0) is 14.3 Å². The standard InChI is InChI=1S/C10H17NO4/c1-4-8(12)15-6-5-10(3,7(2)11)9(13)14/h4,7H,1,5-6,11H2,2-3H3,(H,13,14). The number of carboxylic acid groups (broad SMARTS) is 1. The lowest BCUT2D eigenvalue weighted by Crippen LogP contribution is -2.44. The number of nitrogens with two attached hydrogens (primary N) is 1. The zero-order valence-electron chi connectivity index (χ0n) is 9.03. The molecule has 0 spiro atoms. The monoisotopic (exact) mass is 215 g/mol. The van der Waals surface area contributed by atoms with Gasteiger partial charge in [-0.15, -0.1) is 0 Å². The van der Waals surface area contributed by atoms with E-state index in [-0.39, 0.29) is 13.0 Å². The smallest absolute Gasteiger partial charge is 0.330 e. The molecule has 3 N–H and O–H groups in total. The van der Waals surface area contributed by atoms with Crippen LogP contribution < -0.4 is 5.73 Å². The highest BCUT2D eigenvalue weighted by atomic mass is 16.5. The fourth-order valence-electron chi connectivity index (χ4n) is 0.952. The maximum atomic E-state index is 11.0. The van der Waals surface area contributed by atoms with Crippen LogP contribution in [0.5, 0.6) is 0 Å². The fourth-order valence-corrected chi connectivity index (χ4v) is 0.952. The van der Waals surface area contributed by atoms with Crippen molar-refractivity contribution in [3.05, 3.63) is 12.7 Å². The van der Waals surface area contributed by atoms with E-state index >= 15 is 0 Å². The summed E-state index contributed by atoms with van der Waals surface area (Å²) in [4.78, 5) is 21.7. The molecule has 15 heavy (non-hydrogen) atoms. The zero-order chi connectivity index (χ0) is 12.1. The first-order valence-electron chi connectivity index (χ1n) is 4.62. The van der Waals surface area contributed by atoms with Crippen molar-refractivity contribution in [2.45, 2.75) is 26.3 Å². The summed E-state index contributed by atoms with van der Waals surface area (Å²) < 4.78 is 4.71. The average Bonchev–Trinajstić information content (AvgIpc) is 2.16. The van der Waals surface area contributed by atoms with Crippen LogP contribution in [0.2, 0.25) is 0 Å². The van der Waals surface area contributed by atoms with Gasteiger partial charge in [-0.3, -0.25) is 4.79 Å². The number of aliphatic carboxylic acids is 1. The van der Waals surface area contributed by atoms with E-state index < -0.39 is 23.4 Å². The molecule has 5 nitrogen and oxygen atoms in total. The molecule has 0 amide bonds. The van der Waals surface area contributed by atoms with Gasteiger partial charge in [0.1, 0.15) is 0 Å². The number of ether oxygens (including phenoxy) is 1. The molecule has 0 radical (unpaired) electrons. The third-order valence-electron chi connectivity index (χ3n) is 2.53. The van der Waals surface area contributed by atoms with Gasteiger partial charge >= 0.3 is 11.9 Å². The van der Waals surface area contributed by atoms with E-state index in [1.54, 1.807) is 6.92 Å². The first-order valence-corrected chi connectivity index (χ1v) is 4.62. The highest BCUT2D eigenvalue weighted by Crippen LogP contribution is 2.25. The first kappa shape index (κ1) is 13.6. The number of hydrogen-bond acceptors (Lipinski definition) is 4. The Hall–Kier alpha value is -1.36. The molecule has 0 aliphatic heterocycles. The van der Waals surface area contributed by atoms with Crippen molar-refractivity contribution < 1.29 is 19.4 Å². The minimum absolute atomic E-state index is 0.0230. The second-order valence-electron chi connectivity index (χ2n) is 3.63. The number of rotatable bonds is 6. The quantitative estimate of drug-likeness (QED) is 0.498. The zero-order valence-corrected chi connectivity index (χ0v) is 9.03. The Morgan fingerprint density at radius 2 is 2.20 bits per heavy atom. The van der Waals surface area contributed by atoms with Gasteiger partial charge in [0.05, 0.1) is 12.0 Å². The molecule has 0 fully saturated rings. The lowest BCUT2D eigenvalue weighted by Gasteiger charge is -2.28. The third kappa shape index (κ3) is 3.71. The Morgan fingerprint density at radius 3 is 2.53 bits per heavy atom. The molecule has 0 saturated carbocycles. The van der Waals surface area contributed by atoms with Crippen molar-refractivity contribution in [1.29, 1.82) is 0 Å². The lowest BCUT2D eigenvalue weighted by molar-refractivity contribution is -0.152. The molecule has 0 heterocycles. The second-order valence-corrected chi connectivity index (χ2v) is 3.63. The summed E-state index contributed by atoms with van der Waals surface area (Å²) >= 11 is 0. The van der Waals surface area contributed by atoms with Crippen molar-refractivity contribution in [2.24, 2.45) is 11.1 Å². The van der Waals surface area contributed by atoms with E-state index in [2.05, 4.69) is 6.58 Å². The van der Waals surface area contributed by atoms with E-state index in [4.69, 9.17) is 15.6 Å². The minimum atomic E-state index is -1.08. The summed E-state index contributed by atoms with van der Waals surface area (Å²) in [6, 6.07) is -0.516. The van der Waals surface area contributed by atoms with Gasteiger partial charge in [-0.25, -0.2) is 4.79 Å². The lowest BCUT2D eigenvalue weighted by atomic mass is 9.81. The largest absolute Gasteiger partial charge is 0.481 e. The van der Waals surface area contributed by atoms with Crippen LogP contribution in [0.15, 0.2) is 12.7 Å². The van der Waals surface area contributed by atoms with Crippen molar-refractivity contribution in [2.75, 3.05) is 6.61 Å². The number of carbonyl (C=O) groups is 2. The van der Waals surface area contributed by atoms with E-state index in [0.29, 0.717) is 0 Å². The van der Waals surface area contributed by atoms with E-state index in [1.165, 1.54) is 6.92 Å². The van der Waals surface area contributed by atoms with Crippen LogP contribution in [0, 0.1) is 5.41 Å². The molecular formula is C10H17NO4. The summed E-state index contributed by atoms with van der Waals surface area (Å²) in [6.07, 6.45) is 1.21. The van der Waals surface area contributed by atoms with Gasteiger partial charge in [-0.05, 0) is 20.3 Å². The predicted octanol–water partition coefficient (Wildman–Crippen LogP) is 0.544. The van der Waals surface area contributed by atoms with Crippen LogP contribution in [0.1, 0.15) is 20.3 Å². The van der Waals surface area contributed by atoms with Crippen LogP contribution >= 0.6 is 0 Å². The molecule has 86 valence electrons. The molecule has 0 aliphatic rings. The third-order valence-corrected chi connectivity index (χ3v) is 2.53. The molecular weight excluding hydrogens is 198 g/mol. The van der Waals surface area contributed by atoms with E-state index in [0.717, 1.165) is 6.08 Å². The second kappa shape index (κ2) is 5.50. The maximum absolute atomic E-state index is 11.0. The molecule has 0 saturated heterocycles. The topological polar surface area (TPSA) is 89.6 Å². The molecule has 0 bridgehead atoms. The Labute approximate surface area is 88.9 Å². The molecule has 5 heteroatoms. The molecule has 0 aromatic carbocycles. The number of carbonyl (C=O) groups excluding carboxylic acids is 1. The minimum Gasteiger partial charge on any atom is -0.481 e. The van der Waals surface area contributed by atoms with Gasteiger partial charge in [0.2, 0.25) is 0 Å². The predicted molar refractivity (Wildman–Crippen MR) is 55.2 cm³/mol. The fraction of sp³-hybridized carbons (Fsp3) is 0.600. The van der Waals surface area contributed by atoms with Crippen molar-refractivity contribution in [3.8, 4) is 0 Å². The SMILES string of the molecule is C=CC(=O)OCCC(C)(C(=O)O)C(C)N. The Kier molecular flexibility index (Phi) is 5.00. The summed E-state index contributed by atoms with van der Waals surface area (Å²) in [7, 11) is 0. The normalized spacial score (nSPS) is 16.2. The Bertz CT molecular complexity index is 262. The number of hydrogen-bond donors (Lipinski definition) is 2. The maximum Gasteiger partial charge on any atom is 0.330 e. The van der Waals surface area contributed by atoms with Crippen LogP contribution in [0.25, 0.3) is 0 Å². The highest BCUT2D eigenvalue weighted by Gasteiger charge is 2.37. The Morgan fingerprint density at radius 1 is 1.67 bits per heavy atom. The molecule has 0 aromatic rings. The van der Waals surface area contributed by atoms with Crippen molar-refractivity contribution in [3.63, 3.8) is 0 Å². The summed E-state index contributed by atoms with van der Waals surface area (Å²) in [6.45, 7) is 6.40. The van der Waals surface area contributed by atoms with Gasteiger partial charge in [0.25, 0.3) is 0 Å². The van der Waals surface area contributed by atoms with Gasteiger partial charge < -0.3 is 15.6 Å². The van der Waals surface area contributed by atoms with E-state index in [1.807, 2.05) is 0 Å². The Balaban J connectivity index is 4.27. The van der Waals surface area contributed by atoms with Crippen molar-refractivity contribution in [1.82, 2.24) is 0 Å². The molecule has 0 aromatic heterocycles. The van der Waals surface area contributed by atoms with Gasteiger partial charge in [-0.2, -0.15) is 0 Å². The number of esters is 1. The van der Waals surface area contributed by atoms with Gasteiger partial charge in [0.15, 0.2) is 0 Å². The first-order chi connectivity index (χ1) is 6.84. The van der Waals surface area contributed by atoms with Gasteiger partial charge in [-0.1, -0.05) is 6.58 Å². The summed E-state index contributed by atoms with van der Waals surface area (Å²) in [5.74, 6) is -1.56. The molecule has 2 unspecified atom stereocenters. The van der Waals surface area contributed by atoms with E-state index in [9.17, 15) is 9.59 Å². The summed E-state index contributed by atoms with van der Waals surface area (Å²) in [5.41, 5.74) is 4.50. The van der Waals surface area contributed by atoms with Crippen LogP contribution in [-0.4, -0.2) is 29.7 Å². The van der Waals surface area contributed by atoms with Crippen LogP contribution in [0.3, 0.4) is 0 Å². The van der Waals surface area contributed by atoms with Gasteiger partial charge in [0, 0.05) is 12.1 Å². The number of carboxylic acids is 1. The molecule has 2 atom stereocenters. The summed E-state index contributed by atoms with van der Waals surface area (Å²) in [5, 5.41) is 8.98. The highest BCUT2D eigenvalue weighted by molar-refractivity contribution is 5.81.